The number of halogens is 1. The van der Waals surface area contributed by atoms with Crippen molar-refractivity contribution in [1.82, 2.24) is 15.5 Å². The molecular weight excluding hydrogens is 447 g/mol. The summed E-state index contributed by atoms with van der Waals surface area (Å²) < 4.78 is 24.6. The molecule has 2 heterocycles. The van der Waals surface area contributed by atoms with E-state index in [1.165, 1.54) is 23.3 Å². The summed E-state index contributed by atoms with van der Waals surface area (Å²) in [7, 11) is 1.58. The third-order valence-corrected chi connectivity index (χ3v) is 5.52. The molecular formula is C23H19FN4O4S. The minimum absolute atomic E-state index is 0.0161. The molecule has 8 nitrogen and oxygen atoms in total. The fourth-order valence-electron chi connectivity index (χ4n) is 3.00. The summed E-state index contributed by atoms with van der Waals surface area (Å²) in [6, 6.07) is 16.4. The zero-order chi connectivity index (χ0) is 23.2. The molecule has 0 spiro atoms. The SMILES string of the molecule is CN(C(=O)CSc1nnc(-c2ccccc2F)o1)c1ccccc1C(=O)NCc1ccco1. The van der Waals surface area contributed by atoms with Crippen LogP contribution in [0.15, 0.2) is 81.0 Å². The van der Waals surface area contributed by atoms with Crippen molar-refractivity contribution in [2.45, 2.75) is 11.8 Å². The summed E-state index contributed by atoms with van der Waals surface area (Å²) in [5.74, 6) is -0.448. The number of furan rings is 1. The average Bonchev–Trinajstić information content (AvgIpc) is 3.53. The number of benzene rings is 2. The van der Waals surface area contributed by atoms with Crippen LogP contribution in [0.1, 0.15) is 16.1 Å². The molecule has 0 bridgehead atoms. The Morgan fingerprint density at radius 2 is 1.85 bits per heavy atom. The van der Waals surface area contributed by atoms with E-state index < -0.39 is 5.82 Å². The van der Waals surface area contributed by atoms with Crippen LogP contribution >= 0.6 is 11.8 Å². The van der Waals surface area contributed by atoms with E-state index >= 15 is 0 Å². The highest BCUT2D eigenvalue weighted by atomic mass is 32.2. The highest BCUT2D eigenvalue weighted by Gasteiger charge is 2.20. The molecule has 2 aromatic heterocycles. The van der Waals surface area contributed by atoms with E-state index in [0.717, 1.165) is 11.8 Å². The van der Waals surface area contributed by atoms with Gasteiger partial charge in [-0.25, -0.2) is 4.39 Å². The third-order valence-electron chi connectivity index (χ3n) is 4.72. The number of rotatable bonds is 8. The molecule has 0 radical (unpaired) electrons. The number of hydrogen-bond donors (Lipinski definition) is 1. The quantitative estimate of drug-likeness (QED) is 0.389. The normalized spacial score (nSPS) is 10.7. The Morgan fingerprint density at radius 3 is 2.64 bits per heavy atom. The van der Waals surface area contributed by atoms with Gasteiger partial charge in [-0.15, -0.1) is 10.2 Å². The third kappa shape index (κ3) is 5.29. The van der Waals surface area contributed by atoms with Crippen LogP contribution in [-0.4, -0.2) is 34.8 Å². The Balaban J connectivity index is 1.40. The zero-order valence-corrected chi connectivity index (χ0v) is 18.3. The number of carbonyl (C=O) groups excluding carboxylic acids is 2. The summed E-state index contributed by atoms with van der Waals surface area (Å²) >= 11 is 1.03. The van der Waals surface area contributed by atoms with Gasteiger partial charge in [0, 0.05) is 7.05 Å². The van der Waals surface area contributed by atoms with Crippen LogP contribution in [0.5, 0.6) is 0 Å². The van der Waals surface area contributed by atoms with Crippen molar-refractivity contribution in [3.05, 3.63) is 84.1 Å². The van der Waals surface area contributed by atoms with Gasteiger partial charge >= 0.3 is 0 Å². The number of carbonyl (C=O) groups is 2. The smallest absolute Gasteiger partial charge is 0.277 e. The minimum Gasteiger partial charge on any atom is -0.467 e. The molecule has 0 unspecified atom stereocenters. The second-order valence-electron chi connectivity index (χ2n) is 6.87. The number of nitrogens with zero attached hydrogens (tertiary/aromatic N) is 3. The van der Waals surface area contributed by atoms with Crippen LogP contribution < -0.4 is 10.2 Å². The Bertz CT molecular complexity index is 1260. The number of aromatic nitrogens is 2. The first kappa shape index (κ1) is 22.3. The Labute approximate surface area is 192 Å². The monoisotopic (exact) mass is 466 g/mol. The van der Waals surface area contributed by atoms with Crippen LogP contribution in [0.4, 0.5) is 10.1 Å². The van der Waals surface area contributed by atoms with Gasteiger partial charge in [0.1, 0.15) is 11.6 Å². The summed E-state index contributed by atoms with van der Waals surface area (Å²) in [6.07, 6.45) is 1.53. The number of anilines is 1. The van der Waals surface area contributed by atoms with Crippen LogP contribution in [-0.2, 0) is 11.3 Å². The molecule has 0 saturated carbocycles. The largest absolute Gasteiger partial charge is 0.467 e. The highest BCUT2D eigenvalue weighted by molar-refractivity contribution is 7.99. The highest BCUT2D eigenvalue weighted by Crippen LogP contribution is 2.26. The van der Waals surface area contributed by atoms with E-state index in [4.69, 9.17) is 8.83 Å². The zero-order valence-electron chi connectivity index (χ0n) is 17.5. The topological polar surface area (TPSA) is 101 Å². The van der Waals surface area contributed by atoms with Crippen molar-refractivity contribution >= 4 is 29.3 Å². The predicted molar refractivity (Wildman–Crippen MR) is 120 cm³/mol. The molecule has 33 heavy (non-hydrogen) atoms. The lowest BCUT2D eigenvalue weighted by molar-refractivity contribution is -0.115. The van der Waals surface area contributed by atoms with Gasteiger partial charge in [-0.1, -0.05) is 36.0 Å². The van der Waals surface area contributed by atoms with E-state index in [2.05, 4.69) is 15.5 Å². The van der Waals surface area contributed by atoms with E-state index in [-0.39, 0.29) is 40.8 Å². The minimum atomic E-state index is -0.476. The predicted octanol–water partition coefficient (Wildman–Crippen LogP) is 4.15. The lowest BCUT2D eigenvalue weighted by Gasteiger charge is -2.20. The number of amides is 2. The maximum absolute atomic E-state index is 13.9. The van der Waals surface area contributed by atoms with Gasteiger partial charge in [0.15, 0.2) is 0 Å². The van der Waals surface area contributed by atoms with Crippen molar-refractivity contribution in [2.24, 2.45) is 0 Å². The molecule has 10 heteroatoms. The first-order valence-corrected chi connectivity index (χ1v) is 10.9. The molecule has 2 aromatic carbocycles. The van der Waals surface area contributed by atoms with Crippen LogP contribution in [0, 0.1) is 5.82 Å². The molecule has 4 rings (SSSR count). The van der Waals surface area contributed by atoms with Crippen LogP contribution in [0.2, 0.25) is 0 Å². The van der Waals surface area contributed by atoms with E-state index in [1.807, 2.05) is 0 Å². The first-order chi connectivity index (χ1) is 16.0. The van der Waals surface area contributed by atoms with E-state index in [9.17, 15) is 14.0 Å². The van der Waals surface area contributed by atoms with Gasteiger partial charge in [0.05, 0.1) is 35.4 Å². The fourth-order valence-corrected chi connectivity index (χ4v) is 3.68. The van der Waals surface area contributed by atoms with Crippen molar-refractivity contribution < 1.29 is 22.8 Å². The molecule has 0 aliphatic heterocycles. The molecule has 168 valence electrons. The summed E-state index contributed by atoms with van der Waals surface area (Å²) in [5, 5.41) is 10.6. The Kier molecular flexibility index (Phi) is 6.84. The second kappa shape index (κ2) is 10.1. The van der Waals surface area contributed by atoms with Crippen molar-refractivity contribution in [3.8, 4) is 11.5 Å². The maximum Gasteiger partial charge on any atom is 0.277 e. The maximum atomic E-state index is 13.9. The van der Waals surface area contributed by atoms with Crippen molar-refractivity contribution in [1.29, 1.82) is 0 Å². The average molecular weight is 466 g/mol. The Morgan fingerprint density at radius 1 is 1.06 bits per heavy atom. The van der Waals surface area contributed by atoms with Crippen molar-refractivity contribution in [2.75, 3.05) is 17.7 Å². The van der Waals surface area contributed by atoms with Gasteiger partial charge in [-0.2, -0.15) is 0 Å². The van der Waals surface area contributed by atoms with Gasteiger partial charge in [-0.05, 0) is 36.4 Å². The molecule has 0 fully saturated rings. The standard InChI is InChI=1S/C23H19FN4O4S/c1-28(19-11-5-3-9-17(19)21(30)25-13-15-7-6-12-31-15)20(29)14-33-23-27-26-22(32-23)16-8-2-4-10-18(16)24/h2-12H,13-14H2,1H3,(H,25,30). The van der Waals surface area contributed by atoms with E-state index in [1.54, 1.807) is 55.6 Å². The number of hydrogen-bond acceptors (Lipinski definition) is 7. The van der Waals surface area contributed by atoms with Gasteiger partial charge in [-0.3, -0.25) is 9.59 Å². The lowest BCUT2D eigenvalue weighted by atomic mass is 10.1. The summed E-state index contributed by atoms with van der Waals surface area (Å²) in [6.45, 7) is 0.231. The molecule has 0 aliphatic rings. The molecule has 0 atom stereocenters. The molecule has 2 amide bonds. The first-order valence-electron chi connectivity index (χ1n) is 9.90. The van der Waals surface area contributed by atoms with E-state index in [0.29, 0.717) is 17.0 Å². The molecule has 4 aromatic rings. The van der Waals surface area contributed by atoms with Crippen LogP contribution in [0.3, 0.4) is 0 Å². The Hall–Kier alpha value is -3.92. The lowest BCUT2D eigenvalue weighted by Crippen LogP contribution is -2.31. The number of para-hydroxylation sites is 1. The summed E-state index contributed by atoms with van der Waals surface area (Å²) in [4.78, 5) is 26.8. The number of thioether (sulfide) groups is 1. The molecule has 0 saturated heterocycles. The molecule has 0 aliphatic carbocycles. The fraction of sp³-hybridized carbons (Fsp3) is 0.130. The second-order valence-corrected chi connectivity index (χ2v) is 7.80. The van der Waals surface area contributed by atoms with Gasteiger partial charge < -0.3 is 19.1 Å². The molecule has 1 N–H and O–H groups in total. The van der Waals surface area contributed by atoms with Crippen LogP contribution in [0.25, 0.3) is 11.5 Å². The van der Waals surface area contributed by atoms with Gasteiger partial charge in [0.25, 0.3) is 17.0 Å². The van der Waals surface area contributed by atoms with Gasteiger partial charge in [0.2, 0.25) is 5.91 Å². The van der Waals surface area contributed by atoms with Crippen molar-refractivity contribution in [3.63, 3.8) is 0 Å². The number of nitrogens with one attached hydrogen (secondary N) is 1. The summed E-state index contributed by atoms with van der Waals surface area (Å²) in [5.41, 5.74) is 0.997.